The van der Waals surface area contributed by atoms with Crippen molar-refractivity contribution in [3.8, 4) is 0 Å². The van der Waals surface area contributed by atoms with Gasteiger partial charge in [0, 0.05) is 19.5 Å². The summed E-state index contributed by atoms with van der Waals surface area (Å²) < 4.78 is 0. The number of nitrogen functional groups attached to an aromatic ring is 1. The molecule has 2 aromatic heterocycles. The first kappa shape index (κ1) is 12.2. The Morgan fingerprint density at radius 1 is 1.63 bits per heavy atom. The van der Waals surface area contributed by atoms with Gasteiger partial charge in [-0.05, 0) is 35.2 Å². The largest absolute Gasteiger partial charge is 0.395 e. The topological polar surface area (TPSA) is 75.0 Å². The summed E-state index contributed by atoms with van der Waals surface area (Å²) >= 11 is 1.62. The minimum atomic E-state index is -0.133. The lowest BCUT2D eigenvalue weighted by molar-refractivity contribution is 0.0780. The fourth-order valence-electron chi connectivity index (χ4n) is 2.12. The predicted octanol–water partition coefficient (Wildman–Crippen LogP) is 2.20. The van der Waals surface area contributed by atoms with Crippen LogP contribution in [0, 0.1) is 0 Å². The molecule has 0 radical (unpaired) electrons. The Kier molecular flexibility index (Phi) is 3.02. The van der Waals surface area contributed by atoms with Gasteiger partial charge in [0.2, 0.25) is 0 Å². The van der Waals surface area contributed by atoms with Crippen molar-refractivity contribution in [3.05, 3.63) is 33.8 Å². The van der Waals surface area contributed by atoms with Crippen LogP contribution in [0.15, 0.2) is 16.8 Å². The third kappa shape index (κ3) is 2.35. The average molecular weight is 276 g/mol. The van der Waals surface area contributed by atoms with Gasteiger partial charge in [-0.2, -0.15) is 16.4 Å². The summed E-state index contributed by atoms with van der Waals surface area (Å²) in [5, 5.41) is 11.0. The number of hydrogen-bond donors (Lipinski definition) is 2. The molecule has 0 aromatic carbocycles. The Morgan fingerprint density at radius 2 is 2.42 bits per heavy atom. The molecule has 3 rings (SSSR count). The van der Waals surface area contributed by atoms with E-state index in [9.17, 15) is 4.79 Å². The standard InChI is InChI=1S/C13H16N4OS/c1-17(6-8-4-5-19-7-8)13(18)12-10(14)11(15-16-12)9-2-3-9/h4-5,7,9H,2-3,6,14H2,1H3,(H,15,16). The van der Waals surface area contributed by atoms with Crippen LogP contribution in [0.4, 0.5) is 5.69 Å². The highest BCUT2D eigenvalue weighted by Gasteiger charge is 2.31. The SMILES string of the molecule is CN(Cc1ccsc1)C(=O)c1n[nH]c(C2CC2)c1N. The van der Waals surface area contributed by atoms with E-state index in [4.69, 9.17) is 5.73 Å². The monoisotopic (exact) mass is 276 g/mol. The first-order valence-corrected chi connectivity index (χ1v) is 7.21. The van der Waals surface area contributed by atoms with E-state index in [0.29, 0.717) is 23.8 Å². The maximum absolute atomic E-state index is 12.3. The summed E-state index contributed by atoms with van der Waals surface area (Å²) in [5.74, 6) is 0.336. The highest BCUT2D eigenvalue weighted by Crippen LogP contribution is 2.42. The number of hydrogen-bond acceptors (Lipinski definition) is 4. The lowest BCUT2D eigenvalue weighted by atomic mass is 10.2. The number of carbonyl (C=O) groups excluding carboxylic acids is 1. The maximum Gasteiger partial charge on any atom is 0.276 e. The van der Waals surface area contributed by atoms with Crippen molar-refractivity contribution in [3.63, 3.8) is 0 Å². The van der Waals surface area contributed by atoms with Crippen LogP contribution in [0.3, 0.4) is 0 Å². The summed E-state index contributed by atoms with van der Waals surface area (Å²) in [5.41, 5.74) is 8.93. The molecule has 100 valence electrons. The van der Waals surface area contributed by atoms with Crippen LogP contribution in [0.2, 0.25) is 0 Å². The fourth-order valence-corrected chi connectivity index (χ4v) is 2.78. The van der Waals surface area contributed by atoms with Crippen LogP contribution >= 0.6 is 11.3 Å². The van der Waals surface area contributed by atoms with E-state index in [1.54, 1.807) is 23.3 Å². The molecule has 6 heteroatoms. The number of H-pyrrole nitrogens is 1. The molecule has 1 aliphatic carbocycles. The van der Waals surface area contributed by atoms with E-state index in [0.717, 1.165) is 24.1 Å². The van der Waals surface area contributed by atoms with Gasteiger partial charge >= 0.3 is 0 Å². The second-order valence-electron chi connectivity index (χ2n) is 4.97. The minimum absolute atomic E-state index is 0.133. The molecule has 0 atom stereocenters. The molecular weight excluding hydrogens is 260 g/mol. The highest BCUT2D eigenvalue weighted by molar-refractivity contribution is 7.07. The lowest BCUT2D eigenvalue weighted by Crippen LogP contribution is -2.27. The zero-order valence-corrected chi connectivity index (χ0v) is 11.5. The normalized spacial score (nSPS) is 14.6. The van der Waals surface area contributed by atoms with Crippen LogP contribution in [-0.4, -0.2) is 28.1 Å². The molecule has 0 unspecified atom stereocenters. The molecule has 0 aliphatic heterocycles. The van der Waals surface area contributed by atoms with Crippen molar-refractivity contribution in [2.75, 3.05) is 12.8 Å². The van der Waals surface area contributed by atoms with E-state index in [-0.39, 0.29) is 5.91 Å². The van der Waals surface area contributed by atoms with Gasteiger partial charge in [-0.25, -0.2) is 0 Å². The second-order valence-corrected chi connectivity index (χ2v) is 5.75. The third-order valence-corrected chi connectivity index (χ3v) is 4.10. The number of aromatic amines is 1. The molecule has 0 saturated heterocycles. The summed E-state index contributed by atoms with van der Waals surface area (Å²) in [6.45, 7) is 0.577. The summed E-state index contributed by atoms with van der Waals surface area (Å²) in [4.78, 5) is 14.0. The molecule has 5 nitrogen and oxygen atoms in total. The van der Waals surface area contributed by atoms with E-state index in [1.807, 2.05) is 16.8 Å². The second kappa shape index (κ2) is 4.70. The molecule has 0 bridgehead atoms. The first-order chi connectivity index (χ1) is 9.16. The highest BCUT2D eigenvalue weighted by atomic mass is 32.1. The van der Waals surface area contributed by atoms with Crippen LogP contribution in [0.5, 0.6) is 0 Å². The molecule has 1 aliphatic rings. The van der Waals surface area contributed by atoms with Crippen molar-refractivity contribution in [1.82, 2.24) is 15.1 Å². The van der Waals surface area contributed by atoms with Crippen LogP contribution in [0.25, 0.3) is 0 Å². The number of nitrogens with two attached hydrogens (primary N) is 1. The zero-order valence-electron chi connectivity index (χ0n) is 10.7. The van der Waals surface area contributed by atoms with Gasteiger partial charge in [-0.15, -0.1) is 0 Å². The van der Waals surface area contributed by atoms with E-state index in [2.05, 4.69) is 10.2 Å². The lowest BCUT2D eigenvalue weighted by Gasteiger charge is -2.15. The Balaban J connectivity index is 1.75. The van der Waals surface area contributed by atoms with E-state index in [1.165, 1.54) is 0 Å². The zero-order chi connectivity index (χ0) is 13.4. The summed E-state index contributed by atoms with van der Waals surface area (Å²) in [6.07, 6.45) is 2.26. The van der Waals surface area contributed by atoms with E-state index >= 15 is 0 Å². The molecule has 1 fully saturated rings. The Labute approximate surface area is 115 Å². The van der Waals surface area contributed by atoms with Crippen LogP contribution in [-0.2, 0) is 6.54 Å². The Hall–Kier alpha value is -1.82. The number of amides is 1. The van der Waals surface area contributed by atoms with Gasteiger partial charge in [-0.1, -0.05) is 0 Å². The molecule has 0 spiro atoms. The molecular formula is C13H16N4OS. The number of carbonyl (C=O) groups is 1. The number of rotatable bonds is 4. The molecule has 1 saturated carbocycles. The van der Waals surface area contributed by atoms with Gasteiger partial charge in [0.15, 0.2) is 5.69 Å². The molecule has 19 heavy (non-hydrogen) atoms. The smallest absolute Gasteiger partial charge is 0.276 e. The summed E-state index contributed by atoms with van der Waals surface area (Å²) in [7, 11) is 1.77. The maximum atomic E-state index is 12.3. The van der Waals surface area contributed by atoms with E-state index < -0.39 is 0 Å². The summed E-state index contributed by atoms with van der Waals surface area (Å²) in [6, 6.07) is 2.01. The van der Waals surface area contributed by atoms with Gasteiger partial charge in [0.1, 0.15) is 0 Å². The Morgan fingerprint density at radius 3 is 3.05 bits per heavy atom. The van der Waals surface area contributed by atoms with Crippen molar-refractivity contribution < 1.29 is 4.79 Å². The van der Waals surface area contributed by atoms with Crippen molar-refractivity contribution in [2.45, 2.75) is 25.3 Å². The van der Waals surface area contributed by atoms with Crippen molar-refractivity contribution in [2.24, 2.45) is 0 Å². The van der Waals surface area contributed by atoms with Crippen LogP contribution < -0.4 is 5.73 Å². The van der Waals surface area contributed by atoms with Gasteiger partial charge < -0.3 is 10.6 Å². The van der Waals surface area contributed by atoms with Crippen molar-refractivity contribution in [1.29, 1.82) is 0 Å². The minimum Gasteiger partial charge on any atom is -0.395 e. The van der Waals surface area contributed by atoms with Gasteiger partial charge in [-0.3, -0.25) is 9.89 Å². The quantitative estimate of drug-likeness (QED) is 0.899. The molecule has 2 heterocycles. The average Bonchev–Trinajstić information content (AvgIpc) is 2.97. The Bertz CT molecular complexity index is 586. The van der Waals surface area contributed by atoms with Crippen LogP contribution in [0.1, 0.15) is 40.5 Å². The fraction of sp³-hybridized carbons (Fsp3) is 0.385. The number of aromatic nitrogens is 2. The van der Waals surface area contributed by atoms with Gasteiger partial charge in [0.05, 0.1) is 11.4 Å². The molecule has 3 N–H and O–H groups in total. The number of anilines is 1. The van der Waals surface area contributed by atoms with Gasteiger partial charge in [0.25, 0.3) is 5.91 Å². The number of nitrogens with one attached hydrogen (secondary N) is 1. The van der Waals surface area contributed by atoms with Crippen molar-refractivity contribution >= 4 is 22.9 Å². The molecule has 1 amide bonds. The first-order valence-electron chi connectivity index (χ1n) is 6.27. The predicted molar refractivity (Wildman–Crippen MR) is 75.1 cm³/mol. The number of nitrogens with zero attached hydrogens (tertiary/aromatic N) is 2. The third-order valence-electron chi connectivity index (χ3n) is 3.37. The number of thiophene rings is 1. The molecule has 2 aromatic rings.